The Morgan fingerprint density at radius 2 is 1.38 bits per heavy atom. The van der Waals surface area contributed by atoms with Gasteiger partial charge in [-0.3, -0.25) is 0 Å². The number of hydrogen-bond acceptors (Lipinski definition) is 0. The van der Waals surface area contributed by atoms with Gasteiger partial charge in [0.25, 0.3) is 0 Å². The molecular weight excluding hydrogens is 176 g/mol. The van der Waals surface area contributed by atoms with Gasteiger partial charge in [-0.15, -0.1) is 0 Å². The third-order valence-corrected chi connectivity index (χ3v) is 3.14. The zero-order valence-electron chi connectivity index (χ0n) is 7.03. The highest BCUT2D eigenvalue weighted by atomic mass is 32.1. The Bertz CT molecular complexity index is 503. The third-order valence-electron chi connectivity index (χ3n) is 2.36. The molecule has 0 atom stereocenters. The van der Waals surface area contributed by atoms with Crippen LogP contribution in [0.25, 0.3) is 10.8 Å². The molecule has 3 rings (SSSR count). The van der Waals surface area contributed by atoms with Gasteiger partial charge in [0.15, 0.2) is 0 Å². The Balaban J connectivity index is 2.62. The lowest BCUT2D eigenvalue weighted by Crippen LogP contribution is -1.91. The number of rotatable bonds is 0. The van der Waals surface area contributed by atoms with Crippen molar-refractivity contribution in [1.29, 1.82) is 0 Å². The van der Waals surface area contributed by atoms with Gasteiger partial charge in [-0.05, 0) is 32.6 Å². The van der Waals surface area contributed by atoms with E-state index in [1.807, 2.05) is 0 Å². The minimum absolute atomic E-state index is 1.34. The first-order valence-electron chi connectivity index (χ1n) is 4.29. The normalized spacial score (nSPS) is 12.9. The van der Waals surface area contributed by atoms with Gasteiger partial charge in [-0.1, -0.05) is 36.4 Å². The molecule has 0 aromatic heterocycles. The van der Waals surface area contributed by atoms with E-state index < -0.39 is 0 Å². The zero-order valence-corrected chi connectivity index (χ0v) is 7.84. The average Bonchev–Trinajstić information content (AvgIpc) is 2.19. The Hall–Kier alpha value is -1.34. The van der Waals surface area contributed by atoms with Gasteiger partial charge in [0, 0.05) is 0 Å². The summed E-state index contributed by atoms with van der Waals surface area (Å²) in [5.41, 5.74) is 2.70. The van der Waals surface area contributed by atoms with Gasteiger partial charge in [0.2, 0.25) is 0 Å². The quantitative estimate of drug-likeness (QED) is 0.471. The summed E-state index contributed by atoms with van der Waals surface area (Å²) in [6.45, 7) is 0. The van der Waals surface area contributed by atoms with E-state index in [-0.39, 0.29) is 0 Å². The molecule has 62 valence electrons. The van der Waals surface area contributed by atoms with Crippen LogP contribution in [0.4, 0.5) is 0 Å². The molecule has 0 bridgehead atoms. The molecule has 0 unspecified atom stereocenters. The maximum Gasteiger partial charge on any atom is -0.00144 e. The summed E-state index contributed by atoms with van der Waals surface area (Å²) in [6, 6.07) is 12.9. The van der Waals surface area contributed by atoms with Crippen molar-refractivity contribution in [3.8, 4) is 0 Å². The minimum Gasteiger partial charge on any atom is -0.151 e. The van der Waals surface area contributed by atoms with E-state index in [1.165, 1.54) is 21.9 Å². The largest absolute Gasteiger partial charge is 0.151 e. The van der Waals surface area contributed by atoms with E-state index in [0.717, 1.165) is 0 Å². The van der Waals surface area contributed by atoms with Gasteiger partial charge >= 0.3 is 0 Å². The van der Waals surface area contributed by atoms with Gasteiger partial charge < -0.3 is 0 Å². The molecule has 1 heteroatoms. The fourth-order valence-electron chi connectivity index (χ4n) is 1.78. The second-order valence-corrected chi connectivity index (χ2v) is 3.91. The Morgan fingerprint density at radius 3 is 2.00 bits per heavy atom. The lowest BCUT2D eigenvalue weighted by atomic mass is 10.0. The predicted molar refractivity (Wildman–Crippen MR) is 61.9 cm³/mol. The first-order chi connectivity index (χ1) is 6.45. The third kappa shape index (κ3) is 0.973. The minimum atomic E-state index is 1.34. The molecular formula is C12H8S. The highest BCUT2D eigenvalue weighted by Crippen LogP contribution is 2.23. The topological polar surface area (TPSA) is 0 Å². The molecule has 1 aliphatic rings. The summed E-state index contributed by atoms with van der Waals surface area (Å²) in [5.74, 6) is 0. The van der Waals surface area contributed by atoms with E-state index in [2.05, 4.69) is 47.1 Å². The first kappa shape index (κ1) is 7.10. The molecule has 0 saturated carbocycles. The van der Waals surface area contributed by atoms with Crippen LogP contribution in [-0.2, 0) is 0 Å². The molecule has 2 aromatic rings. The van der Waals surface area contributed by atoms with Gasteiger partial charge in [0.1, 0.15) is 0 Å². The molecule has 0 radical (unpaired) electrons. The monoisotopic (exact) mass is 184 g/mol. The Labute approximate surface area is 80.4 Å². The summed E-state index contributed by atoms with van der Waals surface area (Å²) in [4.78, 5) is 0. The van der Waals surface area contributed by atoms with Crippen LogP contribution in [0.15, 0.2) is 36.4 Å². The Morgan fingerprint density at radius 1 is 0.769 bits per heavy atom. The lowest BCUT2D eigenvalue weighted by molar-refractivity contribution is 1.72. The summed E-state index contributed by atoms with van der Waals surface area (Å²) in [5, 5.41) is 7.14. The zero-order chi connectivity index (χ0) is 8.67. The van der Waals surface area contributed by atoms with Gasteiger partial charge in [-0.25, -0.2) is 0 Å². The summed E-state index contributed by atoms with van der Waals surface area (Å²) in [7, 11) is 1.76. The van der Waals surface area contributed by atoms with Gasteiger partial charge in [-0.2, -0.15) is 10.9 Å². The standard InChI is InChI=1S/C12H8S/c1-3-9-4-2-6-11-8-13-7-10(5-1)12(9)11/h1-8H. The van der Waals surface area contributed by atoms with Crippen LogP contribution in [0.1, 0.15) is 11.1 Å². The second kappa shape index (κ2) is 2.57. The molecule has 1 heterocycles. The first-order valence-corrected chi connectivity index (χ1v) is 5.23. The summed E-state index contributed by atoms with van der Waals surface area (Å²) >= 11 is 0. The van der Waals surface area contributed by atoms with Crippen molar-refractivity contribution < 1.29 is 0 Å². The smallest absolute Gasteiger partial charge is 0.00144 e. The maximum atomic E-state index is 2.20. The van der Waals surface area contributed by atoms with Crippen molar-refractivity contribution in [3.05, 3.63) is 47.5 Å². The molecule has 0 spiro atoms. The SMILES string of the molecule is C1=S=Cc2cccc3cccc1c23. The molecule has 0 fully saturated rings. The van der Waals surface area contributed by atoms with Crippen LogP contribution in [0.3, 0.4) is 0 Å². The van der Waals surface area contributed by atoms with Gasteiger partial charge in [0.05, 0.1) is 0 Å². The highest BCUT2D eigenvalue weighted by Gasteiger charge is 2.03. The molecule has 0 aliphatic carbocycles. The van der Waals surface area contributed by atoms with Crippen LogP contribution in [0, 0.1) is 0 Å². The van der Waals surface area contributed by atoms with E-state index >= 15 is 0 Å². The molecule has 0 nitrogen and oxygen atoms in total. The van der Waals surface area contributed by atoms with E-state index in [1.54, 1.807) is 10.9 Å². The summed E-state index contributed by atoms with van der Waals surface area (Å²) < 4.78 is 0. The average molecular weight is 184 g/mol. The fraction of sp³-hybridized carbons (Fsp3) is 0. The lowest BCUT2D eigenvalue weighted by Gasteiger charge is -2.07. The molecule has 1 aliphatic heterocycles. The van der Waals surface area contributed by atoms with Crippen LogP contribution < -0.4 is 0 Å². The molecule has 0 N–H and O–H groups in total. The highest BCUT2D eigenvalue weighted by molar-refractivity contribution is 7.96. The van der Waals surface area contributed by atoms with Crippen LogP contribution in [-0.4, -0.2) is 10.7 Å². The molecule has 13 heavy (non-hydrogen) atoms. The molecule has 0 amide bonds. The number of benzene rings is 2. The molecule has 2 aromatic carbocycles. The van der Waals surface area contributed by atoms with E-state index in [9.17, 15) is 0 Å². The van der Waals surface area contributed by atoms with Crippen molar-refractivity contribution in [3.63, 3.8) is 0 Å². The number of hydrogen-bond donors (Lipinski definition) is 0. The maximum absolute atomic E-state index is 2.20. The second-order valence-electron chi connectivity index (χ2n) is 3.16. The fourth-order valence-corrected chi connectivity index (χ4v) is 2.53. The van der Waals surface area contributed by atoms with Crippen LogP contribution in [0.5, 0.6) is 0 Å². The molecule has 0 saturated heterocycles. The van der Waals surface area contributed by atoms with Crippen LogP contribution >= 0.6 is 10.9 Å². The van der Waals surface area contributed by atoms with E-state index in [4.69, 9.17) is 0 Å². The van der Waals surface area contributed by atoms with Crippen LogP contribution in [0.2, 0.25) is 0 Å². The van der Waals surface area contributed by atoms with Crippen molar-refractivity contribution >= 4 is 32.4 Å². The predicted octanol–water partition coefficient (Wildman–Crippen LogP) is 2.89. The van der Waals surface area contributed by atoms with Crippen molar-refractivity contribution in [2.24, 2.45) is 0 Å². The van der Waals surface area contributed by atoms with E-state index in [0.29, 0.717) is 0 Å². The Kier molecular flexibility index (Phi) is 1.41. The van der Waals surface area contributed by atoms with Crippen molar-refractivity contribution in [2.75, 3.05) is 0 Å². The summed E-state index contributed by atoms with van der Waals surface area (Å²) in [6.07, 6.45) is 0. The van der Waals surface area contributed by atoms with Crippen molar-refractivity contribution in [2.45, 2.75) is 0 Å². The van der Waals surface area contributed by atoms with Crippen molar-refractivity contribution in [1.82, 2.24) is 0 Å².